The summed E-state index contributed by atoms with van der Waals surface area (Å²) in [7, 11) is 0. The number of aryl methyl sites for hydroxylation is 2. The van der Waals surface area contributed by atoms with Crippen molar-refractivity contribution in [2.45, 2.75) is 45.4 Å². The Hall–Kier alpha value is -1.68. The zero-order chi connectivity index (χ0) is 16.9. The van der Waals surface area contributed by atoms with Gasteiger partial charge in [0, 0.05) is 44.0 Å². The molecule has 0 N–H and O–H groups in total. The Morgan fingerprint density at radius 1 is 1.21 bits per heavy atom. The van der Waals surface area contributed by atoms with Gasteiger partial charge in [0.2, 0.25) is 5.91 Å². The Bertz CT molecular complexity index is 605. The summed E-state index contributed by atoms with van der Waals surface area (Å²) < 4.78 is 5.38. The highest BCUT2D eigenvalue weighted by atomic mass is 16.5. The molecule has 1 heterocycles. The molecular weight excluding hydrogens is 302 g/mol. The fourth-order valence-electron chi connectivity index (χ4n) is 3.71. The molecule has 24 heavy (non-hydrogen) atoms. The third-order valence-corrected chi connectivity index (χ3v) is 5.22. The molecule has 1 amide bonds. The minimum atomic E-state index is 0.0818. The van der Waals surface area contributed by atoms with Crippen molar-refractivity contribution >= 4 is 11.7 Å². The first-order chi connectivity index (χ1) is 11.7. The van der Waals surface area contributed by atoms with E-state index in [0.717, 1.165) is 44.6 Å². The molecule has 1 aliphatic carbocycles. The highest BCUT2D eigenvalue weighted by molar-refractivity contribution is 5.98. The zero-order valence-electron chi connectivity index (χ0n) is 14.6. The summed E-state index contributed by atoms with van der Waals surface area (Å²) in [6, 6.07) is 6.03. The van der Waals surface area contributed by atoms with Crippen LogP contribution in [-0.4, -0.2) is 42.9 Å². The zero-order valence-corrected chi connectivity index (χ0v) is 14.6. The first-order valence-corrected chi connectivity index (χ1v) is 9.18. The van der Waals surface area contributed by atoms with Crippen LogP contribution in [-0.2, 0) is 22.4 Å². The lowest BCUT2D eigenvalue weighted by Gasteiger charge is -2.23. The number of hydrogen-bond donors (Lipinski definition) is 0. The lowest BCUT2D eigenvalue weighted by Crippen LogP contribution is -2.35. The second kappa shape index (κ2) is 7.93. The van der Waals surface area contributed by atoms with Gasteiger partial charge < -0.3 is 9.64 Å². The average Bonchev–Trinajstić information content (AvgIpc) is 3.27. The average molecular weight is 329 g/mol. The van der Waals surface area contributed by atoms with Gasteiger partial charge in [-0.05, 0) is 49.8 Å². The van der Waals surface area contributed by atoms with E-state index in [4.69, 9.17) is 4.74 Å². The number of fused-ring (bicyclic) bond motifs is 1. The Labute approximate surface area is 144 Å². The topological polar surface area (TPSA) is 46.6 Å². The molecule has 0 unspecified atom stereocenters. The summed E-state index contributed by atoms with van der Waals surface area (Å²) in [5, 5.41) is 0. The molecular formula is C20H27NO3. The predicted molar refractivity (Wildman–Crippen MR) is 93.2 cm³/mol. The van der Waals surface area contributed by atoms with Gasteiger partial charge >= 0.3 is 0 Å². The molecule has 1 fully saturated rings. The lowest BCUT2D eigenvalue weighted by molar-refractivity contribution is -0.131. The highest BCUT2D eigenvalue weighted by Crippen LogP contribution is 2.23. The van der Waals surface area contributed by atoms with E-state index >= 15 is 0 Å². The van der Waals surface area contributed by atoms with Crippen molar-refractivity contribution in [1.82, 2.24) is 4.90 Å². The molecule has 130 valence electrons. The molecule has 1 saturated heterocycles. The van der Waals surface area contributed by atoms with Crippen LogP contribution in [0, 0.1) is 5.92 Å². The standard InChI is InChI=1S/C20H27NO3/c1-2-21(13-15-10-11-24-14-15)20(23)9-8-19(22)18-7-6-16-4-3-5-17(16)12-18/h6-7,12,15H,2-5,8-11,13-14H2,1H3/t15-/m1/s1. The number of rotatable bonds is 7. The summed E-state index contributed by atoms with van der Waals surface area (Å²) >= 11 is 0. The van der Waals surface area contributed by atoms with E-state index in [1.807, 2.05) is 24.0 Å². The van der Waals surface area contributed by atoms with Gasteiger partial charge in [-0.25, -0.2) is 0 Å². The van der Waals surface area contributed by atoms with E-state index in [9.17, 15) is 9.59 Å². The molecule has 4 nitrogen and oxygen atoms in total. The van der Waals surface area contributed by atoms with Crippen molar-refractivity contribution in [2.24, 2.45) is 5.92 Å². The Kier molecular flexibility index (Phi) is 5.67. The van der Waals surface area contributed by atoms with Gasteiger partial charge in [-0.15, -0.1) is 0 Å². The van der Waals surface area contributed by atoms with Crippen LogP contribution in [0.2, 0.25) is 0 Å². The minimum absolute atomic E-state index is 0.0818. The monoisotopic (exact) mass is 329 g/mol. The molecule has 0 saturated carbocycles. The number of amides is 1. The van der Waals surface area contributed by atoms with Gasteiger partial charge in [-0.3, -0.25) is 9.59 Å². The Morgan fingerprint density at radius 2 is 2.04 bits per heavy atom. The van der Waals surface area contributed by atoms with Gasteiger partial charge in [0.25, 0.3) is 0 Å². The molecule has 0 aromatic heterocycles. The number of ether oxygens (including phenoxy) is 1. The third-order valence-electron chi connectivity index (χ3n) is 5.22. The normalized spacial score (nSPS) is 19.3. The van der Waals surface area contributed by atoms with E-state index in [1.165, 1.54) is 17.5 Å². The van der Waals surface area contributed by atoms with E-state index in [-0.39, 0.29) is 11.7 Å². The SMILES string of the molecule is CCN(C[C@H]1CCOC1)C(=O)CCC(=O)c1ccc2c(c1)CCC2. The molecule has 1 aliphatic heterocycles. The summed E-state index contributed by atoms with van der Waals surface area (Å²) in [5.41, 5.74) is 3.44. The number of ketones is 1. The Morgan fingerprint density at radius 3 is 2.79 bits per heavy atom. The van der Waals surface area contributed by atoms with Gasteiger partial charge in [0.15, 0.2) is 5.78 Å². The quantitative estimate of drug-likeness (QED) is 0.723. The van der Waals surface area contributed by atoms with Crippen LogP contribution in [0.4, 0.5) is 0 Å². The number of Topliss-reactive ketones (excluding diaryl/α,β-unsaturated/α-hetero) is 1. The summed E-state index contributed by atoms with van der Waals surface area (Å²) in [6.07, 6.45) is 5.01. The van der Waals surface area contributed by atoms with Crippen molar-refractivity contribution < 1.29 is 14.3 Å². The van der Waals surface area contributed by atoms with Crippen molar-refractivity contribution in [2.75, 3.05) is 26.3 Å². The van der Waals surface area contributed by atoms with E-state index in [2.05, 4.69) is 6.07 Å². The largest absolute Gasteiger partial charge is 0.381 e. The minimum Gasteiger partial charge on any atom is -0.381 e. The molecule has 4 heteroatoms. The van der Waals surface area contributed by atoms with E-state index < -0.39 is 0 Å². The summed E-state index contributed by atoms with van der Waals surface area (Å²) in [4.78, 5) is 26.7. The maximum Gasteiger partial charge on any atom is 0.223 e. The first kappa shape index (κ1) is 17.2. The van der Waals surface area contributed by atoms with Crippen LogP contribution in [0.25, 0.3) is 0 Å². The molecule has 1 atom stereocenters. The smallest absolute Gasteiger partial charge is 0.223 e. The molecule has 3 rings (SSSR count). The summed E-state index contributed by atoms with van der Waals surface area (Å²) in [5.74, 6) is 0.610. The fraction of sp³-hybridized carbons (Fsp3) is 0.600. The predicted octanol–water partition coefficient (Wildman–Crippen LogP) is 3.02. The second-order valence-electron chi connectivity index (χ2n) is 6.92. The molecule has 2 aliphatic rings. The Balaban J connectivity index is 1.51. The van der Waals surface area contributed by atoms with E-state index in [0.29, 0.717) is 25.3 Å². The molecule has 1 aromatic rings. The van der Waals surface area contributed by atoms with Crippen molar-refractivity contribution in [3.63, 3.8) is 0 Å². The molecule has 0 spiro atoms. The number of nitrogens with zero attached hydrogens (tertiary/aromatic N) is 1. The van der Waals surface area contributed by atoms with Crippen LogP contribution in [0.3, 0.4) is 0 Å². The number of carbonyl (C=O) groups is 2. The van der Waals surface area contributed by atoms with Crippen LogP contribution >= 0.6 is 0 Å². The third kappa shape index (κ3) is 4.04. The van der Waals surface area contributed by atoms with Gasteiger partial charge in [-0.1, -0.05) is 12.1 Å². The van der Waals surface area contributed by atoms with Crippen LogP contribution in [0.15, 0.2) is 18.2 Å². The maximum atomic E-state index is 12.4. The second-order valence-corrected chi connectivity index (χ2v) is 6.92. The van der Waals surface area contributed by atoms with Gasteiger partial charge in [0.1, 0.15) is 0 Å². The van der Waals surface area contributed by atoms with Gasteiger partial charge in [-0.2, -0.15) is 0 Å². The van der Waals surface area contributed by atoms with E-state index in [1.54, 1.807) is 0 Å². The highest BCUT2D eigenvalue weighted by Gasteiger charge is 2.22. The number of benzene rings is 1. The van der Waals surface area contributed by atoms with Crippen molar-refractivity contribution in [3.8, 4) is 0 Å². The van der Waals surface area contributed by atoms with Crippen LogP contribution in [0.5, 0.6) is 0 Å². The summed E-state index contributed by atoms with van der Waals surface area (Å²) in [6.45, 7) is 4.99. The van der Waals surface area contributed by atoms with Crippen molar-refractivity contribution in [3.05, 3.63) is 34.9 Å². The van der Waals surface area contributed by atoms with Crippen molar-refractivity contribution in [1.29, 1.82) is 0 Å². The fourth-order valence-corrected chi connectivity index (χ4v) is 3.71. The molecule has 1 aromatic carbocycles. The van der Waals surface area contributed by atoms with Gasteiger partial charge in [0.05, 0.1) is 6.61 Å². The number of carbonyl (C=O) groups excluding carboxylic acids is 2. The molecule has 0 radical (unpaired) electrons. The number of hydrogen-bond acceptors (Lipinski definition) is 3. The maximum absolute atomic E-state index is 12.4. The molecule has 0 bridgehead atoms. The van der Waals surface area contributed by atoms with Crippen LogP contribution in [0.1, 0.15) is 54.1 Å². The van der Waals surface area contributed by atoms with Crippen LogP contribution < -0.4 is 0 Å². The first-order valence-electron chi connectivity index (χ1n) is 9.18. The lowest BCUT2D eigenvalue weighted by atomic mass is 10.0.